The number of carbonyl (C=O) groups excluding carboxylic acids is 1. The number of likely N-dealkylation sites (N-methyl/N-ethyl adjacent to an activating group) is 1. The van der Waals surface area contributed by atoms with E-state index in [1.165, 1.54) is 0 Å². The van der Waals surface area contributed by atoms with Crippen molar-refractivity contribution in [2.75, 3.05) is 20.1 Å². The Bertz CT molecular complexity index is 260. The van der Waals surface area contributed by atoms with Crippen LogP contribution < -0.4 is 5.32 Å². The minimum Gasteiger partial charge on any atom is -0.444 e. The van der Waals surface area contributed by atoms with Crippen molar-refractivity contribution in [2.24, 2.45) is 0 Å². The predicted octanol–water partition coefficient (Wildman–Crippen LogP) is 2.00. The summed E-state index contributed by atoms with van der Waals surface area (Å²) in [7, 11) is 1.91. The molecule has 94 valence electrons. The van der Waals surface area contributed by atoms with Crippen molar-refractivity contribution in [1.29, 1.82) is 0 Å². The van der Waals surface area contributed by atoms with Crippen molar-refractivity contribution in [1.82, 2.24) is 10.2 Å². The molecule has 1 aliphatic rings. The van der Waals surface area contributed by atoms with E-state index in [-0.39, 0.29) is 11.6 Å². The number of likely N-dealkylation sites (tertiary alicyclic amines) is 1. The van der Waals surface area contributed by atoms with Gasteiger partial charge < -0.3 is 15.0 Å². The Morgan fingerprint density at radius 2 is 2.12 bits per heavy atom. The highest BCUT2D eigenvalue weighted by atomic mass is 16.6. The molecule has 1 aliphatic heterocycles. The molecule has 0 aromatic heterocycles. The zero-order chi connectivity index (χ0) is 12.4. The maximum atomic E-state index is 12.0. The van der Waals surface area contributed by atoms with Gasteiger partial charge in [-0.3, -0.25) is 0 Å². The zero-order valence-corrected chi connectivity index (χ0v) is 11.1. The Balaban J connectivity index is 2.68. The summed E-state index contributed by atoms with van der Waals surface area (Å²) in [6.07, 6.45) is 1.90. The summed E-state index contributed by atoms with van der Waals surface area (Å²) in [6, 6.07) is 0. The smallest absolute Gasteiger partial charge is 0.410 e. The summed E-state index contributed by atoms with van der Waals surface area (Å²) in [5, 5.41) is 3.15. The first kappa shape index (κ1) is 13.3. The average molecular weight is 228 g/mol. The van der Waals surface area contributed by atoms with Crippen LogP contribution in [0.5, 0.6) is 0 Å². The molecule has 1 rings (SSSR count). The number of carbonyl (C=O) groups is 1. The second-order valence-corrected chi connectivity index (χ2v) is 5.76. The third-order valence-electron chi connectivity index (χ3n) is 2.92. The van der Waals surface area contributed by atoms with E-state index in [0.29, 0.717) is 0 Å². The number of hydrogen-bond acceptors (Lipinski definition) is 3. The van der Waals surface area contributed by atoms with Crippen LogP contribution in [0.15, 0.2) is 0 Å². The van der Waals surface area contributed by atoms with Crippen LogP contribution >= 0.6 is 0 Å². The van der Waals surface area contributed by atoms with Gasteiger partial charge in [0.2, 0.25) is 0 Å². The molecular formula is C12H24N2O2. The van der Waals surface area contributed by atoms with Crippen LogP contribution in [0, 0.1) is 0 Å². The lowest BCUT2D eigenvalue weighted by Crippen LogP contribution is -2.52. The average Bonchev–Trinajstić information content (AvgIpc) is 2.44. The van der Waals surface area contributed by atoms with Gasteiger partial charge in [0.1, 0.15) is 5.60 Å². The Hall–Kier alpha value is -0.770. The molecule has 0 aromatic rings. The van der Waals surface area contributed by atoms with Crippen LogP contribution in [-0.2, 0) is 4.74 Å². The van der Waals surface area contributed by atoms with Crippen LogP contribution in [0.2, 0.25) is 0 Å². The Labute approximate surface area is 98.3 Å². The largest absolute Gasteiger partial charge is 0.444 e. The molecule has 0 radical (unpaired) electrons. The summed E-state index contributed by atoms with van der Waals surface area (Å²) < 4.78 is 5.42. The maximum absolute atomic E-state index is 12.0. The van der Waals surface area contributed by atoms with E-state index in [1.807, 2.05) is 32.7 Å². The summed E-state index contributed by atoms with van der Waals surface area (Å²) in [6.45, 7) is 9.42. The molecule has 16 heavy (non-hydrogen) atoms. The molecular weight excluding hydrogens is 204 g/mol. The number of ether oxygens (including phenoxy) is 1. The number of amides is 1. The lowest BCUT2D eigenvalue weighted by Gasteiger charge is -2.36. The van der Waals surface area contributed by atoms with Gasteiger partial charge in [0.25, 0.3) is 0 Å². The van der Waals surface area contributed by atoms with Crippen LogP contribution in [-0.4, -0.2) is 42.3 Å². The van der Waals surface area contributed by atoms with Gasteiger partial charge in [0, 0.05) is 13.1 Å². The van der Waals surface area contributed by atoms with Crippen LogP contribution in [0.1, 0.15) is 40.5 Å². The second-order valence-electron chi connectivity index (χ2n) is 5.76. The quantitative estimate of drug-likeness (QED) is 0.786. The summed E-state index contributed by atoms with van der Waals surface area (Å²) in [5.74, 6) is 0. The fraction of sp³-hybridized carbons (Fsp3) is 0.917. The molecule has 4 heteroatoms. The fourth-order valence-electron chi connectivity index (χ4n) is 2.22. The number of nitrogens with one attached hydrogen (secondary N) is 1. The van der Waals surface area contributed by atoms with Gasteiger partial charge in [0.05, 0.1) is 5.54 Å². The van der Waals surface area contributed by atoms with E-state index in [9.17, 15) is 4.79 Å². The van der Waals surface area contributed by atoms with Gasteiger partial charge >= 0.3 is 6.09 Å². The standard InChI is InChI=1S/C12H24N2O2/c1-11(2,3)16-10(15)14-8-6-7-12(14,4)9-13-5/h13H,6-9H2,1-5H3. The minimum atomic E-state index is -0.416. The van der Waals surface area contributed by atoms with Crippen LogP contribution in [0.3, 0.4) is 0 Å². The maximum Gasteiger partial charge on any atom is 0.410 e. The van der Waals surface area contributed by atoms with Crippen molar-refractivity contribution in [3.8, 4) is 0 Å². The molecule has 0 spiro atoms. The van der Waals surface area contributed by atoms with Gasteiger partial charge in [-0.15, -0.1) is 0 Å². The van der Waals surface area contributed by atoms with Gasteiger partial charge in [-0.1, -0.05) is 0 Å². The molecule has 0 saturated carbocycles. The summed E-state index contributed by atoms with van der Waals surface area (Å²) >= 11 is 0. The first-order valence-electron chi connectivity index (χ1n) is 5.94. The van der Waals surface area contributed by atoms with E-state index < -0.39 is 5.60 Å². The van der Waals surface area contributed by atoms with E-state index in [0.717, 1.165) is 25.9 Å². The molecule has 1 atom stereocenters. The number of hydrogen-bond donors (Lipinski definition) is 1. The highest BCUT2D eigenvalue weighted by Crippen LogP contribution is 2.29. The van der Waals surface area contributed by atoms with Gasteiger partial charge in [-0.2, -0.15) is 0 Å². The van der Waals surface area contributed by atoms with Gasteiger partial charge in [0.15, 0.2) is 0 Å². The van der Waals surface area contributed by atoms with Crippen molar-refractivity contribution in [2.45, 2.75) is 51.7 Å². The summed E-state index contributed by atoms with van der Waals surface area (Å²) in [5.41, 5.74) is -0.517. The number of nitrogens with zero attached hydrogens (tertiary/aromatic N) is 1. The highest BCUT2D eigenvalue weighted by Gasteiger charge is 2.40. The van der Waals surface area contributed by atoms with Crippen molar-refractivity contribution < 1.29 is 9.53 Å². The van der Waals surface area contributed by atoms with Crippen molar-refractivity contribution in [3.05, 3.63) is 0 Å². The molecule has 1 fully saturated rings. The minimum absolute atomic E-state index is 0.100. The third kappa shape index (κ3) is 3.11. The Kier molecular flexibility index (Phi) is 3.84. The highest BCUT2D eigenvalue weighted by molar-refractivity contribution is 5.69. The van der Waals surface area contributed by atoms with E-state index in [4.69, 9.17) is 4.74 Å². The predicted molar refractivity (Wildman–Crippen MR) is 64.5 cm³/mol. The first-order chi connectivity index (χ1) is 7.28. The van der Waals surface area contributed by atoms with E-state index in [2.05, 4.69) is 12.2 Å². The molecule has 0 bridgehead atoms. The fourth-order valence-corrected chi connectivity index (χ4v) is 2.22. The molecule has 1 unspecified atom stereocenters. The third-order valence-corrected chi connectivity index (χ3v) is 2.92. The lowest BCUT2D eigenvalue weighted by molar-refractivity contribution is 0.0110. The molecule has 1 amide bonds. The van der Waals surface area contributed by atoms with Gasteiger partial charge in [-0.25, -0.2) is 4.79 Å². The SMILES string of the molecule is CNCC1(C)CCCN1C(=O)OC(C)(C)C. The van der Waals surface area contributed by atoms with E-state index in [1.54, 1.807) is 0 Å². The normalized spacial score (nSPS) is 25.9. The topological polar surface area (TPSA) is 41.6 Å². The van der Waals surface area contributed by atoms with Crippen LogP contribution in [0.25, 0.3) is 0 Å². The number of rotatable bonds is 2. The molecule has 0 aromatic carbocycles. The van der Waals surface area contributed by atoms with Crippen molar-refractivity contribution in [3.63, 3.8) is 0 Å². The summed E-state index contributed by atoms with van der Waals surface area (Å²) in [4.78, 5) is 13.9. The van der Waals surface area contributed by atoms with Crippen LogP contribution in [0.4, 0.5) is 4.79 Å². The lowest BCUT2D eigenvalue weighted by atomic mass is 9.99. The monoisotopic (exact) mass is 228 g/mol. The zero-order valence-electron chi connectivity index (χ0n) is 11.1. The Morgan fingerprint density at radius 1 is 1.50 bits per heavy atom. The molecule has 1 heterocycles. The molecule has 1 N–H and O–H groups in total. The van der Waals surface area contributed by atoms with Gasteiger partial charge in [-0.05, 0) is 47.6 Å². The Morgan fingerprint density at radius 3 is 2.62 bits per heavy atom. The van der Waals surface area contributed by atoms with Crippen molar-refractivity contribution >= 4 is 6.09 Å². The second kappa shape index (κ2) is 4.62. The van der Waals surface area contributed by atoms with E-state index >= 15 is 0 Å². The molecule has 1 saturated heterocycles. The first-order valence-corrected chi connectivity index (χ1v) is 5.94. The molecule has 4 nitrogen and oxygen atoms in total. The molecule has 0 aliphatic carbocycles.